The molecule has 0 saturated carbocycles. The smallest absolute Gasteiger partial charge is 0.0348 e. The molecular formula is C12H15NS. The van der Waals surface area contributed by atoms with Crippen molar-refractivity contribution in [2.45, 2.75) is 20.4 Å². The van der Waals surface area contributed by atoms with Crippen molar-refractivity contribution < 1.29 is 0 Å². The second-order valence-corrected chi connectivity index (χ2v) is 4.67. The molecule has 0 amide bonds. The van der Waals surface area contributed by atoms with Gasteiger partial charge >= 0.3 is 0 Å². The lowest BCUT2D eigenvalue weighted by Crippen LogP contribution is -2.11. The molecule has 2 heteroatoms. The number of fused-ring (bicyclic) bond motifs is 1. The summed E-state index contributed by atoms with van der Waals surface area (Å²) in [6, 6.07) is 8.63. The molecule has 1 aromatic carbocycles. The highest BCUT2D eigenvalue weighted by Crippen LogP contribution is 2.30. The molecule has 0 saturated heterocycles. The quantitative estimate of drug-likeness (QED) is 0.810. The number of thiophene rings is 1. The van der Waals surface area contributed by atoms with Crippen molar-refractivity contribution >= 4 is 21.4 Å². The van der Waals surface area contributed by atoms with Gasteiger partial charge in [-0.3, -0.25) is 0 Å². The van der Waals surface area contributed by atoms with Crippen molar-refractivity contribution in [2.24, 2.45) is 0 Å². The third kappa shape index (κ3) is 1.68. The van der Waals surface area contributed by atoms with Gasteiger partial charge in [-0.15, -0.1) is 11.3 Å². The van der Waals surface area contributed by atoms with Crippen molar-refractivity contribution in [3.63, 3.8) is 0 Å². The summed E-state index contributed by atoms with van der Waals surface area (Å²) >= 11 is 1.89. The summed E-state index contributed by atoms with van der Waals surface area (Å²) in [5.74, 6) is 0. The molecule has 0 aliphatic carbocycles. The lowest BCUT2D eigenvalue weighted by Gasteiger charge is -2.01. The van der Waals surface area contributed by atoms with Gasteiger partial charge in [-0.25, -0.2) is 0 Å². The van der Waals surface area contributed by atoms with Gasteiger partial charge in [0.2, 0.25) is 0 Å². The average molecular weight is 205 g/mol. The second-order valence-electron chi connectivity index (χ2n) is 3.41. The fourth-order valence-corrected chi connectivity index (χ4v) is 2.77. The molecule has 1 heterocycles. The van der Waals surface area contributed by atoms with Crippen LogP contribution in [0, 0.1) is 6.92 Å². The lowest BCUT2D eigenvalue weighted by atomic mass is 10.1. The highest BCUT2D eigenvalue weighted by molar-refractivity contribution is 7.19. The topological polar surface area (TPSA) is 12.0 Å². The van der Waals surface area contributed by atoms with E-state index in [2.05, 4.69) is 43.4 Å². The van der Waals surface area contributed by atoms with Crippen molar-refractivity contribution in [1.82, 2.24) is 5.32 Å². The molecule has 0 radical (unpaired) electrons. The first-order chi connectivity index (χ1) is 6.83. The van der Waals surface area contributed by atoms with Gasteiger partial charge in [0, 0.05) is 16.1 Å². The Bertz CT molecular complexity index is 431. The molecule has 0 unspecified atom stereocenters. The normalized spacial score (nSPS) is 11.0. The van der Waals surface area contributed by atoms with E-state index in [1.165, 1.54) is 20.5 Å². The van der Waals surface area contributed by atoms with Crippen LogP contribution in [0.25, 0.3) is 10.1 Å². The molecule has 74 valence electrons. The van der Waals surface area contributed by atoms with Crippen molar-refractivity contribution in [3.05, 3.63) is 34.7 Å². The maximum atomic E-state index is 3.39. The van der Waals surface area contributed by atoms with Crippen LogP contribution < -0.4 is 5.32 Å². The van der Waals surface area contributed by atoms with Crippen molar-refractivity contribution in [1.29, 1.82) is 0 Å². The van der Waals surface area contributed by atoms with Crippen LogP contribution in [-0.2, 0) is 6.54 Å². The first kappa shape index (κ1) is 9.69. The molecule has 0 spiro atoms. The molecule has 1 nitrogen and oxygen atoms in total. The minimum absolute atomic E-state index is 0.992. The van der Waals surface area contributed by atoms with Crippen molar-refractivity contribution in [2.75, 3.05) is 6.54 Å². The maximum Gasteiger partial charge on any atom is 0.0348 e. The number of nitrogens with one attached hydrogen (secondary N) is 1. The Morgan fingerprint density at radius 1 is 1.29 bits per heavy atom. The van der Waals surface area contributed by atoms with E-state index in [9.17, 15) is 0 Å². The summed E-state index contributed by atoms with van der Waals surface area (Å²) in [5.41, 5.74) is 1.47. The van der Waals surface area contributed by atoms with Gasteiger partial charge in [-0.1, -0.05) is 25.1 Å². The summed E-state index contributed by atoms with van der Waals surface area (Å²) < 4.78 is 1.40. The van der Waals surface area contributed by atoms with E-state index in [1.54, 1.807) is 0 Å². The Morgan fingerprint density at radius 2 is 2.07 bits per heavy atom. The van der Waals surface area contributed by atoms with E-state index in [0.717, 1.165) is 13.1 Å². The summed E-state index contributed by atoms with van der Waals surface area (Å²) in [7, 11) is 0. The van der Waals surface area contributed by atoms with E-state index in [-0.39, 0.29) is 0 Å². The summed E-state index contributed by atoms with van der Waals surface area (Å²) in [5, 5.41) is 4.80. The first-order valence-electron chi connectivity index (χ1n) is 5.00. The van der Waals surface area contributed by atoms with Crippen LogP contribution in [0.3, 0.4) is 0 Å². The van der Waals surface area contributed by atoms with Crippen LogP contribution in [0.4, 0.5) is 0 Å². The largest absolute Gasteiger partial charge is 0.313 e. The highest BCUT2D eigenvalue weighted by Gasteiger charge is 2.06. The van der Waals surface area contributed by atoms with Crippen LogP contribution >= 0.6 is 11.3 Å². The first-order valence-corrected chi connectivity index (χ1v) is 5.82. The van der Waals surface area contributed by atoms with Crippen LogP contribution in [0.1, 0.15) is 17.4 Å². The molecule has 0 aliphatic rings. The van der Waals surface area contributed by atoms with Gasteiger partial charge in [0.1, 0.15) is 0 Å². The minimum Gasteiger partial charge on any atom is -0.313 e. The number of benzene rings is 1. The summed E-state index contributed by atoms with van der Waals surface area (Å²) in [4.78, 5) is 1.44. The molecule has 1 aromatic heterocycles. The van der Waals surface area contributed by atoms with Crippen LogP contribution in [0.5, 0.6) is 0 Å². The molecule has 2 aromatic rings. The van der Waals surface area contributed by atoms with Gasteiger partial charge in [0.05, 0.1) is 0 Å². The van der Waals surface area contributed by atoms with Gasteiger partial charge < -0.3 is 5.32 Å². The molecule has 0 bridgehead atoms. The highest BCUT2D eigenvalue weighted by atomic mass is 32.1. The standard InChI is InChI=1S/C12H15NS/c1-3-13-8-11-9(2)14-12-7-5-4-6-10(11)12/h4-7,13H,3,8H2,1-2H3. The Balaban J connectivity index is 2.45. The second kappa shape index (κ2) is 4.11. The molecular weight excluding hydrogens is 190 g/mol. The average Bonchev–Trinajstić information content (AvgIpc) is 2.51. The van der Waals surface area contributed by atoms with Crippen LogP contribution in [0.15, 0.2) is 24.3 Å². The van der Waals surface area contributed by atoms with Gasteiger partial charge in [-0.05, 0) is 30.5 Å². The Kier molecular flexibility index (Phi) is 2.85. The monoisotopic (exact) mass is 205 g/mol. The Morgan fingerprint density at radius 3 is 2.86 bits per heavy atom. The predicted octanol–water partition coefficient (Wildman–Crippen LogP) is 3.32. The number of hydrogen-bond acceptors (Lipinski definition) is 2. The zero-order valence-corrected chi connectivity index (χ0v) is 9.45. The summed E-state index contributed by atoms with van der Waals surface area (Å²) in [6.07, 6.45) is 0. The maximum absolute atomic E-state index is 3.39. The predicted molar refractivity (Wildman–Crippen MR) is 63.9 cm³/mol. The van der Waals surface area contributed by atoms with E-state index in [1.807, 2.05) is 11.3 Å². The van der Waals surface area contributed by atoms with E-state index < -0.39 is 0 Å². The third-order valence-electron chi connectivity index (χ3n) is 2.45. The van der Waals surface area contributed by atoms with E-state index >= 15 is 0 Å². The zero-order chi connectivity index (χ0) is 9.97. The molecule has 0 aliphatic heterocycles. The Labute approximate surface area is 88.8 Å². The van der Waals surface area contributed by atoms with Gasteiger partial charge in [0.25, 0.3) is 0 Å². The third-order valence-corrected chi connectivity index (χ3v) is 3.58. The van der Waals surface area contributed by atoms with E-state index in [0.29, 0.717) is 0 Å². The molecule has 2 rings (SSSR count). The number of rotatable bonds is 3. The van der Waals surface area contributed by atoms with Crippen LogP contribution in [0.2, 0.25) is 0 Å². The zero-order valence-electron chi connectivity index (χ0n) is 8.63. The van der Waals surface area contributed by atoms with Crippen molar-refractivity contribution in [3.8, 4) is 0 Å². The minimum atomic E-state index is 0.992. The fraction of sp³-hybridized carbons (Fsp3) is 0.333. The molecule has 0 atom stereocenters. The number of aryl methyl sites for hydroxylation is 1. The van der Waals surface area contributed by atoms with Gasteiger partial charge in [0.15, 0.2) is 0 Å². The van der Waals surface area contributed by atoms with Gasteiger partial charge in [-0.2, -0.15) is 0 Å². The lowest BCUT2D eigenvalue weighted by molar-refractivity contribution is 0.729. The SMILES string of the molecule is CCNCc1c(C)sc2ccccc12. The molecule has 14 heavy (non-hydrogen) atoms. The van der Waals surface area contributed by atoms with Crippen LogP contribution in [-0.4, -0.2) is 6.54 Å². The molecule has 1 N–H and O–H groups in total. The Hall–Kier alpha value is -0.860. The fourth-order valence-electron chi connectivity index (χ4n) is 1.69. The summed E-state index contributed by atoms with van der Waals surface area (Å²) in [6.45, 7) is 6.37. The number of hydrogen-bond donors (Lipinski definition) is 1. The molecule has 0 fully saturated rings. The van der Waals surface area contributed by atoms with E-state index in [4.69, 9.17) is 0 Å².